The van der Waals surface area contributed by atoms with E-state index < -0.39 is 5.97 Å². The van der Waals surface area contributed by atoms with Crippen LogP contribution in [0.4, 0.5) is 5.69 Å². The van der Waals surface area contributed by atoms with Crippen molar-refractivity contribution in [1.29, 1.82) is 0 Å². The highest BCUT2D eigenvalue weighted by Gasteiger charge is 2.19. The smallest absolute Gasteiger partial charge is 0.339 e. The quantitative estimate of drug-likeness (QED) is 0.258. The molecule has 1 amide bonds. The Kier molecular flexibility index (Phi) is 6.50. The molecule has 0 fully saturated rings. The molecule has 0 bridgehead atoms. The van der Waals surface area contributed by atoms with Crippen molar-refractivity contribution >= 4 is 45.9 Å². The van der Waals surface area contributed by atoms with Gasteiger partial charge in [0.15, 0.2) is 10.8 Å². The molecule has 0 aliphatic heterocycles. The lowest BCUT2D eigenvalue weighted by atomic mass is 10.1. The minimum atomic E-state index is -0.524. The molecule has 0 saturated heterocycles. The van der Waals surface area contributed by atoms with Gasteiger partial charge in [-0.25, -0.2) is 9.78 Å². The van der Waals surface area contributed by atoms with Crippen LogP contribution in [0, 0.1) is 0 Å². The number of nitrogens with one attached hydrogen (secondary N) is 1. The first kappa shape index (κ1) is 23.3. The average molecular weight is 500 g/mol. The molecule has 36 heavy (non-hydrogen) atoms. The maximum atomic E-state index is 12.8. The number of hydrogen-bond acceptors (Lipinski definition) is 8. The maximum Gasteiger partial charge on any atom is 0.339 e. The average Bonchev–Trinajstić information content (AvgIpc) is 3.36. The van der Waals surface area contributed by atoms with Crippen LogP contribution in [0.15, 0.2) is 78.0 Å². The maximum absolute atomic E-state index is 12.8. The molecule has 9 nitrogen and oxygen atoms in total. The molecule has 180 valence electrons. The number of aromatic nitrogens is 4. The summed E-state index contributed by atoms with van der Waals surface area (Å²) >= 11 is 1.23. The molecule has 5 aromatic rings. The molecule has 0 saturated carbocycles. The van der Waals surface area contributed by atoms with Crippen LogP contribution in [0.5, 0.6) is 5.75 Å². The summed E-state index contributed by atoms with van der Waals surface area (Å²) in [5.74, 6) is 0.607. The number of ether oxygens (including phenoxy) is 2. The number of thioether (sulfide) groups is 1. The third-order valence-corrected chi connectivity index (χ3v) is 6.43. The van der Waals surface area contributed by atoms with Gasteiger partial charge < -0.3 is 14.8 Å². The van der Waals surface area contributed by atoms with Gasteiger partial charge in [-0.2, -0.15) is 0 Å². The van der Waals surface area contributed by atoms with Crippen molar-refractivity contribution in [1.82, 2.24) is 19.6 Å². The number of nitrogens with zero attached hydrogens (tertiary/aromatic N) is 4. The second-order valence-electron chi connectivity index (χ2n) is 7.70. The van der Waals surface area contributed by atoms with Crippen LogP contribution in [0.1, 0.15) is 10.4 Å². The van der Waals surface area contributed by atoms with Crippen LogP contribution in [-0.4, -0.2) is 51.4 Å². The zero-order valence-electron chi connectivity index (χ0n) is 19.5. The number of carbonyl (C=O) groups is 2. The van der Waals surface area contributed by atoms with E-state index in [-0.39, 0.29) is 17.2 Å². The van der Waals surface area contributed by atoms with Gasteiger partial charge in [0.1, 0.15) is 11.6 Å². The van der Waals surface area contributed by atoms with Crippen LogP contribution in [0.25, 0.3) is 27.9 Å². The molecule has 10 heteroatoms. The fraction of sp³-hybridized carbons (Fsp3) is 0.115. The minimum absolute atomic E-state index is 0.0468. The van der Waals surface area contributed by atoms with Gasteiger partial charge in [-0.15, -0.1) is 10.2 Å². The van der Waals surface area contributed by atoms with Gasteiger partial charge >= 0.3 is 5.97 Å². The Bertz CT molecular complexity index is 1580. The third kappa shape index (κ3) is 4.46. The van der Waals surface area contributed by atoms with Crippen LogP contribution in [0.2, 0.25) is 0 Å². The minimum Gasteiger partial charge on any atom is -0.497 e. The van der Waals surface area contributed by atoms with Crippen molar-refractivity contribution in [2.45, 2.75) is 5.16 Å². The second kappa shape index (κ2) is 10.0. The van der Waals surface area contributed by atoms with Gasteiger partial charge in [0, 0.05) is 10.9 Å². The molecule has 0 radical (unpaired) electrons. The first-order chi connectivity index (χ1) is 17.6. The number of rotatable bonds is 7. The van der Waals surface area contributed by atoms with Gasteiger partial charge in [-0.1, -0.05) is 36.0 Å². The molecule has 5 rings (SSSR count). The van der Waals surface area contributed by atoms with Crippen molar-refractivity contribution in [3.63, 3.8) is 0 Å². The molecule has 0 atom stereocenters. The van der Waals surface area contributed by atoms with Crippen molar-refractivity contribution in [2.75, 3.05) is 25.3 Å². The summed E-state index contributed by atoms with van der Waals surface area (Å²) < 4.78 is 11.9. The Labute approximate surface area is 210 Å². The Balaban J connectivity index is 1.48. The topological polar surface area (TPSA) is 108 Å². The Morgan fingerprint density at radius 3 is 2.47 bits per heavy atom. The first-order valence-corrected chi connectivity index (χ1v) is 12.0. The van der Waals surface area contributed by atoms with E-state index in [0.717, 1.165) is 22.2 Å². The molecule has 0 aliphatic rings. The van der Waals surface area contributed by atoms with Gasteiger partial charge in [-0.3, -0.25) is 9.20 Å². The third-order valence-electron chi connectivity index (χ3n) is 5.50. The molecular formula is C26H21N5O4S. The summed E-state index contributed by atoms with van der Waals surface area (Å²) in [5, 5.41) is 12.9. The lowest BCUT2D eigenvalue weighted by molar-refractivity contribution is -0.113. The highest BCUT2D eigenvalue weighted by Crippen LogP contribution is 2.30. The van der Waals surface area contributed by atoms with Crippen LogP contribution in [0.3, 0.4) is 0 Å². The number of amides is 1. The summed E-state index contributed by atoms with van der Waals surface area (Å²) in [6.07, 6.45) is 0. The molecular weight excluding hydrogens is 478 g/mol. The molecule has 2 aromatic heterocycles. The van der Waals surface area contributed by atoms with Crippen LogP contribution in [-0.2, 0) is 9.53 Å². The number of fused-ring (bicyclic) bond motifs is 3. The summed E-state index contributed by atoms with van der Waals surface area (Å²) in [6, 6.07) is 22.0. The Hall–Kier alpha value is -4.44. The molecule has 2 heterocycles. The highest BCUT2D eigenvalue weighted by molar-refractivity contribution is 7.99. The van der Waals surface area contributed by atoms with E-state index >= 15 is 0 Å². The number of benzene rings is 3. The summed E-state index contributed by atoms with van der Waals surface area (Å²) in [6.45, 7) is 0. The van der Waals surface area contributed by atoms with E-state index in [9.17, 15) is 9.59 Å². The number of anilines is 1. The van der Waals surface area contributed by atoms with Gasteiger partial charge in [-0.05, 0) is 48.5 Å². The fourth-order valence-electron chi connectivity index (χ4n) is 3.78. The number of carbonyl (C=O) groups excluding carboxylic acids is 2. The van der Waals surface area contributed by atoms with E-state index in [0.29, 0.717) is 22.3 Å². The van der Waals surface area contributed by atoms with E-state index in [1.807, 2.05) is 52.9 Å². The fourth-order valence-corrected chi connectivity index (χ4v) is 4.52. The van der Waals surface area contributed by atoms with E-state index in [4.69, 9.17) is 14.5 Å². The Morgan fingerprint density at radius 1 is 0.944 bits per heavy atom. The SMILES string of the molecule is COC(=O)c1ccccc1NC(=O)CSc1nnc2c3ccccc3nc(-c3ccc(OC)cc3)n12. The summed E-state index contributed by atoms with van der Waals surface area (Å²) in [4.78, 5) is 29.7. The second-order valence-corrected chi connectivity index (χ2v) is 8.64. The van der Waals surface area contributed by atoms with Crippen molar-refractivity contribution in [3.8, 4) is 17.1 Å². The molecule has 0 unspecified atom stereocenters. The predicted octanol–water partition coefficient (Wildman–Crippen LogP) is 4.47. The Morgan fingerprint density at radius 2 is 1.69 bits per heavy atom. The van der Waals surface area contributed by atoms with Gasteiger partial charge in [0.2, 0.25) is 5.91 Å². The first-order valence-electron chi connectivity index (χ1n) is 11.0. The zero-order chi connectivity index (χ0) is 25.1. The van der Waals surface area contributed by atoms with E-state index in [2.05, 4.69) is 15.5 Å². The lowest BCUT2D eigenvalue weighted by Gasteiger charge is -2.11. The summed E-state index contributed by atoms with van der Waals surface area (Å²) in [7, 11) is 2.91. The lowest BCUT2D eigenvalue weighted by Crippen LogP contribution is -2.17. The van der Waals surface area contributed by atoms with Crippen molar-refractivity contribution in [2.24, 2.45) is 0 Å². The molecule has 3 aromatic carbocycles. The number of hydrogen-bond donors (Lipinski definition) is 1. The van der Waals surface area contributed by atoms with Crippen molar-refractivity contribution < 1.29 is 19.1 Å². The number of esters is 1. The van der Waals surface area contributed by atoms with Gasteiger partial charge in [0.05, 0.1) is 36.7 Å². The molecule has 0 aliphatic carbocycles. The normalized spacial score (nSPS) is 10.9. The molecule has 0 spiro atoms. The van der Waals surface area contributed by atoms with E-state index in [1.165, 1.54) is 18.9 Å². The zero-order valence-corrected chi connectivity index (χ0v) is 20.3. The van der Waals surface area contributed by atoms with Crippen molar-refractivity contribution in [3.05, 3.63) is 78.4 Å². The monoisotopic (exact) mass is 499 g/mol. The largest absolute Gasteiger partial charge is 0.497 e. The standard InChI is InChI=1S/C26H21N5O4S/c1-34-17-13-11-16(12-14-17)23-28-20-9-5-3-7-18(20)24-29-30-26(31(23)24)36-15-22(32)27-21-10-6-4-8-19(21)25(33)35-2/h3-14H,15H2,1-2H3,(H,27,32). The highest BCUT2D eigenvalue weighted by atomic mass is 32.2. The predicted molar refractivity (Wildman–Crippen MR) is 137 cm³/mol. The molecule has 1 N–H and O–H groups in total. The summed E-state index contributed by atoms with van der Waals surface area (Å²) in [5.41, 5.74) is 2.95. The van der Waals surface area contributed by atoms with E-state index in [1.54, 1.807) is 31.4 Å². The van der Waals surface area contributed by atoms with Gasteiger partial charge in [0.25, 0.3) is 0 Å². The van der Waals surface area contributed by atoms with Crippen LogP contribution >= 0.6 is 11.8 Å². The van der Waals surface area contributed by atoms with Crippen LogP contribution < -0.4 is 10.1 Å². The number of methoxy groups -OCH3 is 2. The number of para-hydroxylation sites is 2.